The Morgan fingerprint density at radius 2 is 2.07 bits per heavy atom. The number of benzene rings is 1. The molecule has 0 unspecified atom stereocenters. The molecule has 1 heterocycles. The third-order valence-corrected chi connectivity index (χ3v) is 3.79. The number of aromatic nitrogens is 2. The smallest absolute Gasteiger partial charge is 0.278 e. The van der Waals surface area contributed by atoms with Gasteiger partial charge in [-0.1, -0.05) is 30.9 Å². The highest BCUT2D eigenvalue weighted by molar-refractivity contribution is 5.98. The van der Waals surface area contributed by atoms with Gasteiger partial charge in [-0.25, -0.2) is 9.97 Å². The first-order chi connectivity index (χ1) is 13.4. The molecule has 2 rings (SSSR count). The maximum Gasteiger partial charge on any atom is 0.278 e. The van der Waals surface area contributed by atoms with Crippen molar-refractivity contribution < 1.29 is 14.3 Å². The molecule has 0 atom stereocenters. The third-order valence-electron chi connectivity index (χ3n) is 3.79. The lowest BCUT2D eigenvalue weighted by Gasteiger charge is -2.11. The van der Waals surface area contributed by atoms with Crippen LogP contribution in [0, 0.1) is 0 Å². The monoisotopic (exact) mass is 379 g/mol. The predicted octanol–water partition coefficient (Wildman–Crippen LogP) is 2.17. The molecule has 2 amide bonds. The van der Waals surface area contributed by atoms with E-state index in [2.05, 4.69) is 21.9 Å². The van der Waals surface area contributed by atoms with Crippen molar-refractivity contribution in [3.8, 4) is 11.3 Å². The fourth-order valence-electron chi connectivity index (χ4n) is 2.24. The van der Waals surface area contributed by atoms with E-state index in [4.69, 9.17) is 16.2 Å². The van der Waals surface area contributed by atoms with E-state index in [0.29, 0.717) is 28.3 Å². The van der Waals surface area contributed by atoms with Crippen LogP contribution >= 0.6 is 0 Å². The maximum absolute atomic E-state index is 12.7. The molecule has 0 saturated carbocycles. The Morgan fingerprint density at radius 3 is 2.71 bits per heavy atom. The lowest BCUT2D eigenvalue weighted by molar-refractivity contribution is 0.0958. The lowest BCUT2D eigenvalue weighted by atomic mass is 10.1. The van der Waals surface area contributed by atoms with Crippen LogP contribution in [-0.4, -0.2) is 28.9 Å². The van der Waals surface area contributed by atoms with E-state index in [9.17, 15) is 9.59 Å². The van der Waals surface area contributed by atoms with Gasteiger partial charge >= 0.3 is 0 Å². The number of carbonyl (C=O) groups is 2. The highest BCUT2D eigenvalue weighted by atomic mass is 16.5. The zero-order chi connectivity index (χ0) is 20.7. The number of amides is 2. The summed E-state index contributed by atoms with van der Waals surface area (Å²) in [6.45, 7) is 5.29. The Labute approximate surface area is 162 Å². The minimum Gasteiger partial charge on any atom is -0.499 e. The van der Waals surface area contributed by atoms with Crippen LogP contribution in [0.25, 0.3) is 11.3 Å². The highest BCUT2D eigenvalue weighted by Crippen LogP contribution is 2.20. The number of nitrogens with zero attached hydrogens (tertiary/aromatic N) is 2. The number of primary amides is 1. The summed E-state index contributed by atoms with van der Waals surface area (Å²) in [5.74, 6) is -0.669. The van der Waals surface area contributed by atoms with Crippen molar-refractivity contribution in [2.45, 2.75) is 6.92 Å². The van der Waals surface area contributed by atoms with Gasteiger partial charge in [0.25, 0.3) is 5.91 Å². The molecule has 0 aliphatic rings. The van der Waals surface area contributed by atoms with Gasteiger partial charge in [-0.3, -0.25) is 9.59 Å². The van der Waals surface area contributed by atoms with Crippen LogP contribution in [0.5, 0.6) is 0 Å². The first-order valence-electron chi connectivity index (χ1n) is 8.25. The molecular weight excluding hydrogens is 358 g/mol. The van der Waals surface area contributed by atoms with Crippen LogP contribution in [0.15, 0.2) is 66.7 Å². The largest absolute Gasteiger partial charge is 0.499 e. The summed E-state index contributed by atoms with van der Waals surface area (Å²) in [6, 6.07) is 6.54. The summed E-state index contributed by atoms with van der Waals surface area (Å²) in [7, 11) is 1.49. The van der Waals surface area contributed by atoms with Crippen molar-refractivity contribution in [3.05, 3.63) is 78.0 Å². The number of nitrogens with two attached hydrogens (primary N) is 2. The second-order valence-electron chi connectivity index (χ2n) is 5.66. The summed E-state index contributed by atoms with van der Waals surface area (Å²) in [5.41, 5.74) is 12.8. The van der Waals surface area contributed by atoms with Gasteiger partial charge in [-0.15, -0.1) is 0 Å². The zero-order valence-electron chi connectivity index (χ0n) is 15.6. The number of rotatable bonds is 7. The second-order valence-corrected chi connectivity index (χ2v) is 5.66. The van der Waals surface area contributed by atoms with Crippen molar-refractivity contribution >= 4 is 17.6 Å². The standard InChI is InChI=1S/C20H21N5O3/c1-4-5-9-15(12(2)28-3)25-20(27)17-18(21)23-11-16(24-17)13-7-6-8-14(10-13)19(22)26/h4-11H,1H2,2-3H3,(H2,21,23)(H2,22,26)(H,25,27)/b9-5-,15-12-. The van der Waals surface area contributed by atoms with Gasteiger partial charge in [0.05, 0.1) is 24.7 Å². The quantitative estimate of drug-likeness (QED) is 0.499. The zero-order valence-corrected chi connectivity index (χ0v) is 15.6. The normalized spacial score (nSPS) is 11.6. The molecule has 0 aliphatic heterocycles. The molecule has 8 nitrogen and oxygen atoms in total. The lowest BCUT2D eigenvalue weighted by Crippen LogP contribution is -2.26. The first kappa shape index (κ1) is 20.4. The second kappa shape index (κ2) is 9.13. The SMILES string of the molecule is C=C/C=C\C(NC(=O)c1nc(-c2cccc(C(N)=O)c2)cnc1N)=C(/C)OC. The van der Waals surface area contributed by atoms with Gasteiger partial charge < -0.3 is 21.5 Å². The number of allylic oxidation sites excluding steroid dienone is 4. The fourth-order valence-corrected chi connectivity index (χ4v) is 2.24. The van der Waals surface area contributed by atoms with Crippen molar-refractivity contribution in [3.63, 3.8) is 0 Å². The van der Waals surface area contributed by atoms with Gasteiger partial charge in [0.15, 0.2) is 11.5 Å². The Kier molecular flexibility index (Phi) is 6.64. The van der Waals surface area contributed by atoms with Crippen LogP contribution in [0.3, 0.4) is 0 Å². The van der Waals surface area contributed by atoms with Crippen LogP contribution in [0.1, 0.15) is 27.8 Å². The number of anilines is 1. The van der Waals surface area contributed by atoms with E-state index in [-0.39, 0.29) is 11.5 Å². The Hall–Kier alpha value is -3.94. The minimum absolute atomic E-state index is 0.0329. The van der Waals surface area contributed by atoms with Gasteiger partial charge in [-0.05, 0) is 25.1 Å². The molecule has 0 aliphatic carbocycles. The van der Waals surface area contributed by atoms with Crippen molar-refractivity contribution in [2.75, 3.05) is 12.8 Å². The molecule has 0 bridgehead atoms. The summed E-state index contributed by atoms with van der Waals surface area (Å²) >= 11 is 0. The van der Waals surface area contributed by atoms with Gasteiger partial charge in [-0.2, -0.15) is 0 Å². The maximum atomic E-state index is 12.7. The van der Waals surface area contributed by atoms with E-state index in [0.717, 1.165) is 0 Å². The Morgan fingerprint density at radius 1 is 1.32 bits per heavy atom. The number of nitrogens with one attached hydrogen (secondary N) is 1. The van der Waals surface area contributed by atoms with Crippen LogP contribution in [-0.2, 0) is 4.74 Å². The number of carbonyl (C=O) groups excluding carboxylic acids is 2. The van der Waals surface area contributed by atoms with Crippen molar-refractivity contribution in [1.82, 2.24) is 15.3 Å². The highest BCUT2D eigenvalue weighted by Gasteiger charge is 2.17. The van der Waals surface area contributed by atoms with Crippen LogP contribution in [0.2, 0.25) is 0 Å². The number of methoxy groups -OCH3 is 1. The average Bonchev–Trinajstić information content (AvgIpc) is 2.70. The molecule has 2 aromatic rings. The number of hydrogen-bond acceptors (Lipinski definition) is 6. The summed E-state index contributed by atoms with van der Waals surface area (Å²) < 4.78 is 5.17. The number of nitrogen functional groups attached to an aromatic ring is 1. The third kappa shape index (κ3) is 4.82. The summed E-state index contributed by atoms with van der Waals surface area (Å²) in [5, 5.41) is 2.69. The predicted molar refractivity (Wildman–Crippen MR) is 107 cm³/mol. The van der Waals surface area contributed by atoms with E-state index in [1.165, 1.54) is 13.3 Å². The summed E-state index contributed by atoms with van der Waals surface area (Å²) in [4.78, 5) is 32.4. The molecule has 5 N–H and O–H groups in total. The first-order valence-corrected chi connectivity index (χ1v) is 8.25. The molecular formula is C20H21N5O3. The number of ether oxygens (including phenoxy) is 1. The van der Waals surface area contributed by atoms with E-state index in [1.807, 2.05) is 0 Å². The molecule has 1 aromatic carbocycles. The molecule has 8 heteroatoms. The number of hydrogen-bond donors (Lipinski definition) is 3. The summed E-state index contributed by atoms with van der Waals surface area (Å²) in [6.07, 6.45) is 6.27. The molecule has 1 aromatic heterocycles. The fraction of sp³-hybridized carbons (Fsp3) is 0.100. The van der Waals surface area contributed by atoms with E-state index >= 15 is 0 Å². The molecule has 0 radical (unpaired) electrons. The molecule has 0 saturated heterocycles. The average molecular weight is 379 g/mol. The van der Waals surface area contributed by atoms with Gasteiger partial charge in [0.2, 0.25) is 5.91 Å². The topological polar surface area (TPSA) is 133 Å². The van der Waals surface area contributed by atoms with Crippen molar-refractivity contribution in [2.24, 2.45) is 5.73 Å². The molecule has 144 valence electrons. The van der Waals surface area contributed by atoms with Gasteiger partial charge in [0, 0.05) is 11.1 Å². The van der Waals surface area contributed by atoms with Crippen molar-refractivity contribution in [1.29, 1.82) is 0 Å². The minimum atomic E-state index is -0.568. The van der Waals surface area contributed by atoms with Gasteiger partial charge in [0.1, 0.15) is 5.76 Å². The Bertz CT molecular complexity index is 980. The molecule has 28 heavy (non-hydrogen) atoms. The Balaban J connectivity index is 2.41. The molecule has 0 spiro atoms. The van der Waals surface area contributed by atoms with E-state index < -0.39 is 11.8 Å². The van der Waals surface area contributed by atoms with Crippen LogP contribution in [0.4, 0.5) is 5.82 Å². The van der Waals surface area contributed by atoms with E-state index in [1.54, 1.807) is 49.4 Å². The van der Waals surface area contributed by atoms with Crippen LogP contribution < -0.4 is 16.8 Å². The molecule has 0 fully saturated rings.